The maximum atomic E-state index is 12.9. The van der Waals surface area contributed by atoms with Crippen LogP contribution in [-0.2, 0) is 21.1 Å². The Hall–Kier alpha value is -4.03. The number of hydrogen-bond acceptors (Lipinski definition) is 7. The van der Waals surface area contributed by atoms with Gasteiger partial charge in [0, 0.05) is 30.6 Å². The summed E-state index contributed by atoms with van der Waals surface area (Å²) < 4.78 is 29.8. The quantitative estimate of drug-likeness (QED) is 0.320. The van der Waals surface area contributed by atoms with Crippen molar-refractivity contribution >= 4 is 38.2 Å². The molecule has 0 radical (unpaired) electrons. The highest BCUT2D eigenvalue weighted by Gasteiger charge is 2.22. The normalized spacial score (nSPS) is 12.4. The summed E-state index contributed by atoms with van der Waals surface area (Å²) in [5.41, 5.74) is 3.03. The molecule has 3 rings (SSSR count). The highest BCUT2D eigenvalue weighted by atomic mass is 32.2. The van der Waals surface area contributed by atoms with Crippen molar-refractivity contribution in [3.63, 3.8) is 0 Å². The zero-order valence-corrected chi connectivity index (χ0v) is 19.2. The molecule has 0 atom stereocenters. The lowest BCUT2D eigenvalue weighted by atomic mass is 10.1. The van der Waals surface area contributed by atoms with Crippen LogP contribution in [0, 0.1) is 11.3 Å². The molecule has 1 heterocycles. The number of rotatable bonds is 7. The molecular formula is C24H22N4O4S. The second-order valence-electron chi connectivity index (χ2n) is 7.18. The molecule has 0 aliphatic carbocycles. The predicted octanol–water partition coefficient (Wildman–Crippen LogP) is 4.07. The highest BCUT2D eigenvalue weighted by molar-refractivity contribution is 7.94. The molecule has 3 aromatic rings. The summed E-state index contributed by atoms with van der Waals surface area (Å²) in [6.07, 6.45) is 2.95. The van der Waals surface area contributed by atoms with Crippen LogP contribution in [-0.4, -0.2) is 38.3 Å². The number of fused-ring (bicyclic) bond motifs is 1. The van der Waals surface area contributed by atoms with Crippen molar-refractivity contribution in [1.82, 2.24) is 4.98 Å². The molecule has 0 saturated carbocycles. The van der Waals surface area contributed by atoms with E-state index in [1.54, 1.807) is 24.3 Å². The van der Waals surface area contributed by atoms with Crippen molar-refractivity contribution in [1.29, 1.82) is 5.26 Å². The van der Waals surface area contributed by atoms with Crippen LogP contribution >= 0.6 is 0 Å². The van der Waals surface area contributed by atoms with Gasteiger partial charge in [-0.2, -0.15) is 5.26 Å². The van der Waals surface area contributed by atoms with E-state index in [0.29, 0.717) is 22.7 Å². The van der Waals surface area contributed by atoms with E-state index in [0.717, 1.165) is 24.3 Å². The number of aryl methyl sites for hydroxylation is 1. The van der Waals surface area contributed by atoms with Gasteiger partial charge in [0.1, 0.15) is 17.3 Å². The number of aromatic nitrogens is 1. The smallest absolute Gasteiger partial charge is 0.257 e. The van der Waals surface area contributed by atoms with E-state index in [4.69, 9.17) is 9.68 Å². The summed E-state index contributed by atoms with van der Waals surface area (Å²) in [4.78, 5) is 20.7. The topological polar surface area (TPSA) is 125 Å². The van der Waals surface area contributed by atoms with Crippen LogP contribution in [0.5, 0.6) is 0 Å². The second-order valence-corrected chi connectivity index (χ2v) is 9.22. The Morgan fingerprint density at radius 1 is 1.27 bits per heavy atom. The number of sulfone groups is 1. The predicted molar refractivity (Wildman–Crippen MR) is 128 cm³/mol. The van der Waals surface area contributed by atoms with E-state index in [2.05, 4.69) is 28.8 Å². The van der Waals surface area contributed by atoms with E-state index in [9.17, 15) is 13.2 Å². The van der Waals surface area contributed by atoms with Gasteiger partial charge in [0.2, 0.25) is 5.89 Å². The fourth-order valence-corrected chi connectivity index (χ4v) is 3.51. The second kappa shape index (κ2) is 9.63. The average Bonchev–Trinajstić information content (AvgIpc) is 3.22. The van der Waals surface area contributed by atoms with Crippen LogP contribution in [0.4, 0.5) is 5.69 Å². The summed E-state index contributed by atoms with van der Waals surface area (Å²) >= 11 is 0. The molecule has 2 aromatic carbocycles. The average molecular weight is 463 g/mol. The number of nitriles is 1. The minimum absolute atomic E-state index is 0.116. The molecule has 1 amide bonds. The minimum Gasteiger partial charge on any atom is -0.436 e. The van der Waals surface area contributed by atoms with E-state index in [-0.39, 0.29) is 11.3 Å². The molecule has 168 valence electrons. The maximum absolute atomic E-state index is 12.9. The lowest BCUT2D eigenvalue weighted by Crippen LogP contribution is -2.19. The SMILES string of the molecule is C=C(/C(=C\C(C#N)=N/C)C(=O)Nc1ccc2nc(-c3ccc(CC)cc3)oc2c1)S(C)(=O)=O. The lowest BCUT2D eigenvalue weighted by molar-refractivity contribution is -0.112. The molecular weight excluding hydrogens is 440 g/mol. The van der Waals surface area contributed by atoms with Crippen molar-refractivity contribution in [3.05, 3.63) is 71.2 Å². The Morgan fingerprint density at radius 2 is 1.97 bits per heavy atom. The van der Waals surface area contributed by atoms with E-state index in [1.165, 1.54) is 12.6 Å². The summed E-state index contributed by atoms with van der Waals surface area (Å²) in [6, 6.07) is 14.6. The monoisotopic (exact) mass is 462 g/mol. The number of allylic oxidation sites excluding steroid dienone is 1. The number of nitrogens with one attached hydrogen (secondary N) is 1. The van der Waals surface area contributed by atoms with Crippen LogP contribution in [0.1, 0.15) is 12.5 Å². The Bertz CT molecular complexity index is 1440. The Labute approximate surface area is 191 Å². The Morgan fingerprint density at radius 3 is 2.55 bits per heavy atom. The van der Waals surface area contributed by atoms with Crippen molar-refractivity contribution < 1.29 is 17.6 Å². The fourth-order valence-electron chi connectivity index (χ4n) is 2.96. The number of aliphatic imine (C=N–C) groups is 1. The molecule has 0 aliphatic heterocycles. The molecule has 0 aliphatic rings. The highest BCUT2D eigenvalue weighted by Crippen LogP contribution is 2.27. The number of amides is 1. The summed E-state index contributed by atoms with van der Waals surface area (Å²) in [6.45, 7) is 5.58. The molecule has 1 N–H and O–H groups in total. The molecule has 0 unspecified atom stereocenters. The first-order chi connectivity index (χ1) is 15.7. The first-order valence-electron chi connectivity index (χ1n) is 9.95. The van der Waals surface area contributed by atoms with E-state index < -0.39 is 20.6 Å². The minimum atomic E-state index is -3.78. The number of anilines is 1. The summed E-state index contributed by atoms with van der Waals surface area (Å²) in [5.74, 6) is -0.309. The first-order valence-corrected chi connectivity index (χ1v) is 11.8. The van der Waals surface area contributed by atoms with E-state index in [1.807, 2.05) is 24.3 Å². The van der Waals surface area contributed by atoms with Crippen LogP contribution in [0.25, 0.3) is 22.6 Å². The number of carbonyl (C=O) groups is 1. The van der Waals surface area contributed by atoms with Gasteiger partial charge in [0.25, 0.3) is 5.91 Å². The van der Waals surface area contributed by atoms with Gasteiger partial charge in [-0.1, -0.05) is 25.6 Å². The van der Waals surface area contributed by atoms with Crippen LogP contribution in [0.15, 0.2) is 75.0 Å². The molecule has 8 nitrogen and oxygen atoms in total. The Kier molecular flexibility index (Phi) is 6.89. The van der Waals surface area contributed by atoms with Gasteiger partial charge < -0.3 is 9.73 Å². The molecule has 0 bridgehead atoms. The van der Waals surface area contributed by atoms with Gasteiger partial charge in [-0.05, 0) is 42.3 Å². The number of carbonyl (C=O) groups excluding carboxylic acids is 1. The zero-order valence-electron chi connectivity index (χ0n) is 18.4. The van der Waals surface area contributed by atoms with Crippen molar-refractivity contribution in [2.24, 2.45) is 4.99 Å². The largest absolute Gasteiger partial charge is 0.436 e. The third-order valence-corrected chi connectivity index (χ3v) is 6.00. The number of hydrogen-bond donors (Lipinski definition) is 1. The third kappa shape index (κ3) is 5.42. The standard InChI is InChI=1S/C24H22N4O4S/c1-5-16-6-8-17(9-7-16)24-28-21-11-10-18(13-22(21)32-24)27-23(29)20(12-19(14-25)26-3)15(2)33(4,30)31/h6-13H,2,5H2,1,3-4H3,(H,27,29)/b20-12+,26-19+. The van der Waals surface area contributed by atoms with Gasteiger partial charge in [-0.15, -0.1) is 0 Å². The zero-order chi connectivity index (χ0) is 24.2. The molecule has 0 fully saturated rings. The van der Waals surface area contributed by atoms with Gasteiger partial charge >= 0.3 is 0 Å². The van der Waals surface area contributed by atoms with Crippen molar-refractivity contribution in [2.45, 2.75) is 13.3 Å². The number of benzene rings is 2. The van der Waals surface area contributed by atoms with Crippen LogP contribution in [0.3, 0.4) is 0 Å². The summed E-state index contributed by atoms with van der Waals surface area (Å²) in [7, 11) is -2.42. The van der Waals surface area contributed by atoms with E-state index >= 15 is 0 Å². The van der Waals surface area contributed by atoms with Gasteiger partial charge in [-0.3, -0.25) is 9.79 Å². The van der Waals surface area contributed by atoms with Crippen molar-refractivity contribution in [3.8, 4) is 17.5 Å². The van der Waals surface area contributed by atoms with Gasteiger partial charge in [0.15, 0.2) is 15.4 Å². The van der Waals surface area contributed by atoms with Crippen LogP contribution < -0.4 is 5.32 Å². The van der Waals surface area contributed by atoms with Gasteiger partial charge in [-0.25, -0.2) is 13.4 Å². The first kappa shape index (κ1) is 23.6. The van der Waals surface area contributed by atoms with Crippen molar-refractivity contribution in [2.75, 3.05) is 18.6 Å². The number of nitrogens with zero attached hydrogens (tertiary/aromatic N) is 3. The molecule has 1 aromatic heterocycles. The lowest BCUT2D eigenvalue weighted by Gasteiger charge is -2.10. The third-order valence-electron chi connectivity index (χ3n) is 4.88. The molecule has 0 saturated heterocycles. The fraction of sp³-hybridized carbons (Fsp3) is 0.167. The molecule has 9 heteroatoms. The Balaban J connectivity index is 1.92. The molecule has 0 spiro atoms. The van der Waals surface area contributed by atoms with Gasteiger partial charge in [0.05, 0.1) is 10.5 Å². The molecule has 33 heavy (non-hydrogen) atoms. The maximum Gasteiger partial charge on any atom is 0.257 e. The summed E-state index contributed by atoms with van der Waals surface area (Å²) in [5, 5.41) is 11.7. The number of oxazole rings is 1. The van der Waals surface area contributed by atoms with Crippen LogP contribution in [0.2, 0.25) is 0 Å².